The van der Waals surface area contributed by atoms with Gasteiger partial charge in [-0.2, -0.15) is 0 Å². The van der Waals surface area contributed by atoms with Crippen molar-refractivity contribution in [3.8, 4) is 5.75 Å². The maximum absolute atomic E-state index is 9.20. The second kappa shape index (κ2) is 3.99. The predicted molar refractivity (Wildman–Crippen MR) is 52.9 cm³/mol. The average Bonchev–Trinajstić information content (AvgIpc) is 2.11. The van der Waals surface area contributed by atoms with Crippen LogP contribution in [-0.4, -0.2) is 5.11 Å². The van der Waals surface area contributed by atoms with Crippen molar-refractivity contribution in [1.29, 1.82) is 0 Å². The van der Waals surface area contributed by atoms with Crippen molar-refractivity contribution in [3.05, 3.63) is 41.3 Å². The molecule has 0 atom stereocenters. The summed E-state index contributed by atoms with van der Waals surface area (Å²) in [6, 6.07) is 5.86. The number of allylic oxidation sites excluding steroid dienone is 1. The molecule has 0 unspecified atom stereocenters. The van der Waals surface area contributed by atoms with E-state index in [1.807, 2.05) is 32.0 Å². The molecule has 1 rings (SSSR count). The van der Waals surface area contributed by atoms with Crippen molar-refractivity contribution in [2.24, 2.45) is 0 Å². The van der Waals surface area contributed by atoms with Crippen LogP contribution in [0.2, 0.25) is 0 Å². The van der Waals surface area contributed by atoms with Crippen LogP contribution in [0, 0.1) is 13.8 Å². The summed E-state index contributed by atoms with van der Waals surface area (Å²) >= 11 is 0. The summed E-state index contributed by atoms with van der Waals surface area (Å²) in [6.07, 6.45) is 1.52. The lowest BCUT2D eigenvalue weighted by molar-refractivity contribution is 0.206. The van der Waals surface area contributed by atoms with Crippen molar-refractivity contribution in [3.63, 3.8) is 0 Å². The molecular formula is C11H14O2. The van der Waals surface area contributed by atoms with Crippen molar-refractivity contribution < 1.29 is 9.84 Å². The topological polar surface area (TPSA) is 29.5 Å². The van der Waals surface area contributed by atoms with E-state index in [-0.39, 0.29) is 5.95 Å². The van der Waals surface area contributed by atoms with Crippen LogP contribution in [0.5, 0.6) is 5.75 Å². The molecule has 70 valence electrons. The smallest absolute Gasteiger partial charge is 0.277 e. The van der Waals surface area contributed by atoms with E-state index in [0.717, 1.165) is 16.9 Å². The van der Waals surface area contributed by atoms with Gasteiger partial charge in [-0.25, -0.2) is 0 Å². The first kappa shape index (κ1) is 9.65. The highest BCUT2D eigenvalue weighted by Gasteiger charge is 2.04. The molecular weight excluding hydrogens is 164 g/mol. The van der Waals surface area contributed by atoms with Crippen molar-refractivity contribution in [1.82, 2.24) is 0 Å². The minimum atomic E-state index is -0.0580. The highest BCUT2D eigenvalue weighted by Crippen LogP contribution is 2.23. The summed E-state index contributed by atoms with van der Waals surface area (Å²) in [7, 11) is 0. The summed E-state index contributed by atoms with van der Waals surface area (Å²) in [4.78, 5) is 0. The Kier molecular flexibility index (Phi) is 2.96. The van der Waals surface area contributed by atoms with Gasteiger partial charge in [-0.1, -0.05) is 18.2 Å². The normalized spacial score (nSPS) is 11.5. The third-order valence-electron chi connectivity index (χ3n) is 1.86. The van der Waals surface area contributed by atoms with Crippen molar-refractivity contribution in [2.75, 3.05) is 0 Å². The molecule has 0 bridgehead atoms. The molecule has 0 spiro atoms. The summed E-state index contributed by atoms with van der Waals surface area (Å²) in [6.45, 7) is 5.62. The quantitative estimate of drug-likeness (QED) is 0.705. The lowest BCUT2D eigenvalue weighted by Crippen LogP contribution is -1.97. The molecule has 13 heavy (non-hydrogen) atoms. The predicted octanol–water partition coefficient (Wildman–Crippen LogP) is 3.10. The zero-order chi connectivity index (χ0) is 9.84. The zero-order valence-corrected chi connectivity index (χ0v) is 8.16. The molecule has 0 heterocycles. The summed E-state index contributed by atoms with van der Waals surface area (Å²) in [5.74, 6) is 0.676. The van der Waals surface area contributed by atoms with Gasteiger partial charge in [-0.15, -0.1) is 0 Å². The molecule has 2 nitrogen and oxygen atoms in total. The minimum absolute atomic E-state index is 0.0580. The molecule has 1 aromatic rings. The van der Waals surface area contributed by atoms with Crippen LogP contribution in [0.25, 0.3) is 0 Å². The van der Waals surface area contributed by atoms with Gasteiger partial charge in [0, 0.05) is 0 Å². The fourth-order valence-corrected chi connectivity index (χ4v) is 1.12. The third kappa shape index (κ3) is 2.25. The molecule has 0 aromatic heterocycles. The van der Waals surface area contributed by atoms with Crippen LogP contribution in [0.1, 0.15) is 18.1 Å². The number of ether oxygens (including phenoxy) is 1. The molecule has 0 saturated carbocycles. The molecule has 0 radical (unpaired) electrons. The zero-order valence-electron chi connectivity index (χ0n) is 8.16. The number of hydrogen-bond acceptors (Lipinski definition) is 2. The van der Waals surface area contributed by atoms with E-state index in [4.69, 9.17) is 4.74 Å². The van der Waals surface area contributed by atoms with Gasteiger partial charge in [0.1, 0.15) is 5.75 Å². The Hall–Kier alpha value is -1.44. The monoisotopic (exact) mass is 178 g/mol. The van der Waals surface area contributed by atoms with E-state index < -0.39 is 0 Å². The van der Waals surface area contributed by atoms with E-state index in [0.29, 0.717) is 0 Å². The lowest BCUT2D eigenvalue weighted by atomic mass is 10.1. The molecule has 0 aliphatic rings. The molecule has 0 saturated heterocycles. The van der Waals surface area contributed by atoms with Gasteiger partial charge in [0.2, 0.25) is 0 Å². The number of aliphatic hydroxyl groups is 1. The Morgan fingerprint density at radius 2 is 1.85 bits per heavy atom. The second-order valence-corrected chi connectivity index (χ2v) is 2.95. The molecule has 0 aliphatic carbocycles. The summed E-state index contributed by atoms with van der Waals surface area (Å²) < 4.78 is 5.24. The number of aliphatic hydroxyl groups excluding tert-OH is 1. The molecule has 1 N–H and O–H groups in total. The maximum Gasteiger partial charge on any atom is 0.277 e. The first-order chi connectivity index (χ1) is 6.15. The van der Waals surface area contributed by atoms with Crippen LogP contribution >= 0.6 is 0 Å². The fourth-order valence-electron chi connectivity index (χ4n) is 1.12. The van der Waals surface area contributed by atoms with Gasteiger partial charge in [0.15, 0.2) is 0 Å². The van der Waals surface area contributed by atoms with Crippen LogP contribution in [0.3, 0.4) is 0 Å². The van der Waals surface area contributed by atoms with E-state index in [2.05, 4.69) is 0 Å². The van der Waals surface area contributed by atoms with Crippen LogP contribution in [0.15, 0.2) is 30.2 Å². The fraction of sp³-hybridized carbons (Fsp3) is 0.273. The molecule has 0 amide bonds. The second-order valence-electron chi connectivity index (χ2n) is 2.95. The molecule has 1 aromatic carbocycles. The number of hydrogen-bond donors (Lipinski definition) is 1. The molecule has 0 fully saturated rings. The minimum Gasteiger partial charge on any atom is -0.481 e. The Morgan fingerprint density at radius 3 is 2.31 bits per heavy atom. The van der Waals surface area contributed by atoms with Gasteiger partial charge in [0.25, 0.3) is 5.95 Å². The summed E-state index contributed by atoms with van der Waals surface area (Å²) in [5, 5.41) is 9.20. The van der Waals surface area contributed by atoms with Crippen LogP contribution in [0.4, 0.5) is 0 Å². The van der Waals surface area contributed by atoms with E-state index in [1.54, 1.807) is 6.92 Å². The lowest BCUT2D eigenvalue weighted by Gasteiger charge is -2.09. The first-order valence-electron chi connectivity index (χ1n) is 4.24. The van der Waals surface area contributed by atoms with Crippen LogP contribution in [-0.2, 0) is 0 Å². The van der Waals surface area contributed by atoms with Gasteiger partial charge in [-0.05, 0) is 38.0 Å². The largest absolute Gasteiger partial charge is 0.481 e. The number of aryl methyl sites for hydroxylation is 2. The Bertz CT molecular complexity index is 307. The Labute approximate surface area is 78.5 Å². The standard InChI is InChI=1S/C11H14O2/c1-4-10(12)13-11-8(2)6-5-7-9(11)3/h4-7,12H,1-3H3/b10-4+. The van der Waals surface area contributed by atoms with E-state index >= 15 is 0 Å². The van der Waals surface area contributed by atoms with Gasteiger partial charge in [0.05, 0.1) is 0 Å². The van der Waals surface area contributed by atoms with E-state index in [9.17, 15) is 5.11 Å². The SMILES string of the molecule is C/C=C(\O)Oc1c(C)cccc1C. The highest BCUT2D eigenvalue weighted by molar-refractivity contribution is 5.40. The first-order valence-corrected chi connectivity index (χ1v) is 4.24. The van der Waals surface area contributed by atoms with Crippen molar-refractivity contribution in [2.45, 2.75) is 20.8 Å². The van der Waals surface area contributed by atoms with Gasteiger partial charge < -0.3 is 9.84 Å². The molecule has 0 aliphatic heterocycles. The number of rotatable bonds is 2. The highest BCUT2D eigenvalue weighted by atomic mass is 16.6. The third-order valence-corrected chi connectivity index (χ3v) is 1.86. The Morgan fingerprint density at radius 1 is 1.31 bits per heavy atom. The van der Waals surface area contributed by atoms with Crippen LogP contribution < -0.4 is 4.74 Å². The average molecular weight is 178 g/mol. The number of benzene rings is 1. The van der Waals surface area contributed by atoms with Gasteiger partial charge >= 0.3 is 0 Å². The van der Waals surface area contributed by atoms with Crippen molar-refractivity contribution >= 4 is 0 Å². The van der Waals surface area contributed by atoms with Gasteiger partial charge in [-0.3, -0.25) is 0 Å². The molecule has 2 heteroatoms. The summed E-state index contributed by atoms with van der Waals surface area (Å²) in [5.41, 5.74) is 2.04. The van der Waals surface area contributed by atoms with E-state index in [1.165, 1.54) is 6.08 Å². The number of para-hydroxylation sites is 1. The maximum atomic E-state index is 9.20. The Balaban J connectivity index is 3.00.